The molecule has 1 aliphatic carbocycles. The van der Waals surface area contributed by atoms with Crippen molar-refractivity contribution in [2.45, 2.75) is 51.0 Å². The maximum absolute atomic E-state index is 9.33. The normalized spacial score (nSPS) is 28.2. The minimum atomic E-state index is -0.577. The maximum Gasteiger partial charge on any atom is 0.107 e. The van der Waals surface area contributed by atoms with Crippen molar-refractivity contribution in [1.29, 1.82) is 5.26 Å². The number of hydrogen-bond acceptors (Lipinski definition) is 3. The summed E-state index contributed by atoms with van der Waals surface area (Å²) < 4.78 is 0. The maximum atomic E-state index is 9.33. The highest BCUT2D eigenvalue weighted by Gasteiger charge is 2.39. The van der Waals surface area contributed by atoms with Crippen LogP contribution < -0.4 is 10.6 Å². The molecule has 1 aromatic rings. The second kappa shape index (κ2) is 5.69. The van der Waals surface area contributed by atoms with Crippen molar-refractivity contribution in [2.24, 2.45) is 11.7 Å². The Hall–Kier alpha value is -1.53. The Morgan fingerprint density at radius 1 is 1.43 bits per heavy atom. The lowest BCUT2D eigenvalue weighted by Gasteiger charge is -2.33. The molecule has 2 atom stereocenters. The summed E-state index contributed by atoms with van der Waals surface area (Å²) in [6, 6.07) is 9.15. The van der Waals surface area contributed by atoms with E-state index in [0.29, 0.717) is 5.92 Å². The molecule has 1 aromatic carbocycles. The molecule has 3 rings (SSSR count). The van der Waals surface area contributed by atoms with E-state index in [1.165, 1.54) is 29.7 Å². The van der Waals surface area contributed by atoms with Crippen molar-refractivity contribution >= 4 is 5.69 Å². The Bertz CT molecular complexity index is 560. The second-order valence-electron chi connectivity index (χ2n) is 6.75. The van der Waals surface area contributed by atoms with Gasteiger partial charge in [0.05, 0.1) is 6.07 Å². The average Bonchev–Trinajstić information content (AvgIpc) is 2.86. The van der Waals surface area contributed by atoms with Crippen LogP contribution in [0.4, 0.5) is 5.69 Å². The van der Waals surface area contributed by atoms with Crippen LogP contribution in [0.5, 0.6) is 0 Å². The summed E-state index contributed by atoms with van der Waals surface area (Å²) >= 11 is 0. The van der Waals surface area contributed by atoms with Gasteiger partial charge in [-0.05, 0) is 56.6 Å². The molecule has 2 N–H and O–H groups in total. The lowest BCUT2D eigenvalue weighted by molar-refractivity contribution is 0.373. The quantitative estimate of drug-likeness (QED) is 0.927. The molecule has 3 heteroatoms. The third-order valence-corrected chi connectivity index (χ3v) is 5.28. The van der Waals surface area contributed by atoms with E-state index in [2.05, 4.69) is 36.1 Å². The molecule has 1 fully saturated rings. The van der Waals surface area contributed by atoms with E-state index in [0.717, 1.165) is 38.8 Å². The Kier molecular flexibility index (Phi) is 3.91. The van der Waals surface area contributed by atoms with Crippen molar-refractivity contribution < 1.29 is 0 Å². The fraction of sp³-hybridized carbons (Fsp3) is 0.611. The summed E-state index contributed by atoms with van der Waals surface area (Å²) in [4.78, 5) is 2.49. The first-order valence-electron chi connectivity index (χ1n) is 8.17. The molecule has 0 radical (unpaired) electrons. The van der Waals surface area contributed by atoms with Gasteiger partial charge in [0, 0.05) is 18.8 Å². The third-order valence-electron chi connectivity index (χ3n) is 5.28. The number of hydrogen-bond donors (Lipinski definition) is 1. The summed E-state index contributed by atoms with van der Waals surface area (Å²) in [6.45, 7) is 4.32. The number of anilines is 1. The Morgan fingerprint density at radius 2 is 2.29 bits per heavy atom. The molecule has 2 unspecified atom stereocenters. The number of fused-ring (bicyclic) bond motifs is 1. The molecule has 0 amide bonds. The minimum Gasteiger partial charge on any atom is -0.371 e. The van der Waals surface area contributed by atoms with Crippen LogP contribution in [0.1, 0.15) is 43.2 Å². The van der Waals surface area contributed by atoms with E-state index >= 15 is 0 Å². The van der Waals surface area contributed by atoms with Gasteiger partial charge >= 0.3 is 0 Å². The topological polar surface area (TPSA) is 53.0 Å². The highest BCUT2D eigenvalue weighted by Crippen LogP contribution is 2.36. The molecule has 21 heavy (non-hydrogen) atoms. The molecule has 2 aliphatic rings. The van der Waals surface area contributed by atoms with E-state index < -0.39 is 5.54 Å². The van der Waals surface area contributed by atoms with Gasteiger partial charge in [0.1, 0.15) is 5.54 Å². The molecule has 3 nitrogen and oxygen atoms in total. The molecule has 112 valence electrons. The van der Waals surface area contributed by atoms with E-state index in [-0.39, 0.29) is 0 Å². The van der Waals surface area contributed by atoms with Crippen molar-refractivity contribution in [3.63, 3.8) is 0 Å². The van der Waals surface area contributed by atoms with Crippen LogP contribution in [-0.4, -0.2) is 18.6 Å². The first-order chi connectivity index (χ1) is 10.1. The van der Waals surface area contributed by atoms with Crippen LogP contribution in [-0.2, 0) is 6.42 Å². The molecule has 1 aliphatic heterocycles. The highest BCUT2D eigenvalue weighted by atomic mass is 15.1. The highest BCUT2D eigenvalue weighted by molar-refractivity contribution is 5.56. The third kappa shape index (κ3) is 2.78. The van der Waals surface area contributed by atoms with Crippen molar-refractivity contribution in [1.82, 2.24) is 0 Å². The molecule has 1 saturated carbocycles. The fourth-order valence-electron chi connectivity index (χ4n) is 4.00. The number of benzene rings is 1. The Labute approximate surface area is 127 Å². The molecule has 0 spiro atoms. The Balaban J connectivity index is 1.69. The first kappa shape index (κ1) is 14.4. The lowest BCUT2D eigenvalue weighted by Crippen LogP contribution is -2.43. The van der Waals surface area contributed by atoms with Gasteiger partial charge in [0.25, 0.3) is 0 Å². The second-order valence-corrected chi connectivity index (χ2v) is 6.75. The van der Waals surface area contributed by atoms with E-state index in [4.69, 9.17) is 5.73 Å². The van der Waals surface area contributed by atoms with Crippen molar-refractivity contribution in [2.75, 3.05) is 18.0 Å². The lowest BCUT2D eigenvalue weighted by atomic mass is 9.86. The van der Waals surface area contributed by atoms with Gasteiger partial charge in [-0.2, -0.15) is 5.26 Å². The van der Waals surface area contributed by atoms with Crippen LogP contribution in [0.15, 0.2) is 18.2 Å². The zero-order chi connectivity index (χ0) is 14.9. The fourth-order valence-corrected chi connectivity index (χ4v) is 4.00. The zero-order valence-corrected chi connectivity index (χ0v) is 12.9. The largest absolute Gasteiger partial charge is 0.371 e. The summed E-state index contributed by atoms with van der Waals surface area (Å²) in [5.74, 6) is 0.360. The van der Waals surface area contributed by atoms with Crippen molar-refractivity contribution in [3.05, 3.63) is 29.3 Å². The van der Waals surface area contributed by atoms with Gasteiger partial charge in [0.15, 0.2) is 0 Å². The monoisotopic (exact) mass is 283 g/mol. The summed E-state index contributed by atoms with van der Waals surface area (Å²) in [5, 5.41) is 9.33. The van der Waals surface area contributed by atoms with E-state index in [9.17, 15) is 5.26 Å². The standard InChI is InChI=1S/C18H25N3/c1-14-6-7-17-15(12-14)4-3-10-21(17)11-8-16-5-2-9-18(16,20)13-19/h6-7,12,16H,2-5,8-11,20H2,1H3. The predicted octanol–water partition coefficient (Wildman–Crippen LogP) is 3.16. The smallest absolute Gasteiger partial charge is 0.107 e. The van der Waals surface area contributed by atoms with Gasteiger partial charge in [-0.25, -0.2) is 0 Å². The number of nitrogens with two attached hydrogens (primary N) is 1. The molecular formula is C18H25N3. The number of nitriles is 1. The van der Waals surface area contributed by atoms with Gasteiger partial charge in [0.2, 0.25) is 0 Å². The van der Waals surface area contributed by atoms with Crippen LogP contribution in [0.2, 0.25) is 0 Å². The van der Waals surface area contributed by atoms with Gasteiger partial charge < -0.3 is 10.6 Å². The van der Waals surface area contributed by atoms with Crippen LogP contribution in [0, 0.1) is 24.2 Å². The zero-order valence-electron chi connectivity index (χ0n) is 12.9. The van der Waals surface area contributed by atoms with Gasteiger partial charge in [-0.1, -0.05) is 24.1 Å². The predicted molar refractivity (Wildman–Crippen MR) is 86.2 cm³/mol. The van der Waals surface area contributed by atoms with E-state index in [1.807, 2.05) is 0 Å². The molecular weight excluding hydrogens is 258 g/mol. The Morgan fingerprint density at radius 3 is 3.10 bits per heavy atom. The van der Waals surface area contributed by atoms with Crippen LogP contribution >= 0.6 is 0 Å². The van der Waals surface area contributed by atoms with Gasteiger partial charge in [-0.3, -0.25) is 0 Å². The molecule has 1 heterocycles. The summed E-state index contributed by atoms with van der Waals surface area (Å²) in [7, 11) is 0. The number of aryl methyl sites for hydroxylation is 2. The molecule has 0 bridgehead atoms. The average molecular weight is 283 g/mol. The number of rotatable bonds is 3. The molecule has 0 saturated heterocycles. The minimum absolute atomic E-state index is 0.360. The van der Waals surface area contributed by atoms with Crippen LogP contribution in [0.25, 0.3) is 0 Å². The SMILES string of the molecule is Cc1ccc2c(c1)CCCN2CCC1CCCC1(N)C#N. The van der Waals surface area contributed by atoms with Crippen molar-refractivity contribution in [3.8, 4) is 6.07 Å². The summed E-state index contributed by atoms with van der Waals surface area (Å²) in [5.41, 5.74) is 9.89. The summed E-state index contributed by atoms with van der Waals surface area (Å²) in [6.07, 6.45) is 6.54. The number of nitrogens with zero attached hydrogens (tertiary/aromatic N) is 2. The van der Waals surface area contributed by atoms with Crippen LogP contribution in [0.3, 0.4) is 0 Å². The van der Waals surface area contributed by atoms with E-state index in [1.54, 1.807) is 0 Å². The first-order valence-corrected chi connectivity index (χ1v) is 8.17. The van der Waals surface area contributed by atoms with Gasteiger partial charge in [-0.15, -0.1) is 0 Å². The molecule has 0 aromatic heterocycles.